The van der Waals surface area contributed by atoms with Crippen LogP contribution >= 0.6 is 0 Å². The van der Waals surface area contributed by atoms with Gasteiger partial charge in [-0.05, 0) is 49.4 Å². The molecule has 18 heavy (non-hydrogen) atoms. The number of nitrogens with zero attached hydrogens (tertiary/aromatic N) is 2. The van der Waals surface area contributed by atoms with Gasteiger partial charge < -0.3 is 10.2 Å². The second kappa shape index (κ2) is 5.70. The molecule has 1 aromatic heterocycles. The van der Waals surface area contributed by atoms with Gasteiger partial charge in [0.2, 0.25) is 0 Å². The summed E-state index contributed by atoms with van der Waals surface area (Å²) in [6, 6.07) is 4.38. The van der Waals surface area contributed by atoms with E-state index in [2.05, 4.69) is 55.2 Å². The van der Waals surface area contributed by atoms with Crippen LogP contribution in [-0.4, -0.2) is 25.1 Å². The van der Waals surface area contributed by atoms with Crippen LogP contribution in [0.4, 0.5) is 5.82 Å². The standard InChI is InChI=1S/C15H25N3/c1-5-16-9-13-7-12(3)17-15(8-13)18(4)10-14-6-11(14)2/h7-8,11,14,16H,5-6,9-10H2,1-4H3. The number of rotatable bonds is 6. The van der Waals surface area contributed by atoms with Crippen molar-refractivity contribution in [3.8, 4) is 0 Å². The smallest absolute Gasteiger partial charge is 0.128 e. The summed E-state index contributed by atoms with van der Waals surface area (Å²) in [5, 5.41) is 3.37. The van der Waals surface area contributed by atoms with Crippen LogP contribution in [0.25, 0.3) is 0 Å². The van der Waals surface area contributed by atoms with Crippen molar-refractivity contribution < 1.29 is 0 Å². The van der Waals surface area contributed by atoms with Crippen LogP contribution in [0.2, 0.25) is 0 Å². The molecule has 2 unspecified atom stereocenters. The van der Waals surface area contributed by atoms with Crippen molar-refractivity contribution in [1.82, 2.24) is 10.3 Å². The van der Waals surface area contributed by atoms with Gasteiger partial charge in [0.15, 0.2) is 0 Å². The molecule has 0 aliphatic heterocycles. The molecule has 0 amide bonds. The van der Waals surface area contributed by atoms with Gasteiger partial charge >= 0.3 is 0 Å². The van der Waals surface area contributed by atoms with Crippen LogP contribution < -0.4 is 10.2 Å². The highest BCUT2D eigenvalue weighted by Crippen LogP contribution is 2.38. The van der Waals surface area contributed by atoms with E-state index in [-0.39, 0.29) is 0 Å². The summed E-state index contributed by atoms with van der Waals surface area (Å²) in [5.41, 5.74) is 2.44. The molecule has 1 heterocycles. The lowest BCUT2D eigenvalue weighted by Crippen LogP contribution is -2.22. The second-order valence-corrected chi connectivity index (χ2v) is 5.61. The molecule has 0 spiro atoms. The Labute approximate surface area is 111 Å². The Morgan fingerprint density at radius 2 is 2.17 bits per heavy atom. The van der Waals surface area contributed by atoms with E-state index in [4.69, 9.17) is 0 Å². The van der Waals surface area contributed by atoms with Gasteiger partial charge in [-0.15, -0.1) is 0 Å². The Morgan fingerprint density at radius 3 is 2.78 bits per heavy atom. The summed E-state index contributed by atoms with van der Waals surface area (Å²) >= 11 is 0. The van der Waals surface area contributed by atoms with Crippen LogP contribution in [0.1, 0.15) is 31.5 Å². The Balaban J connectivity index is 2.03. The summed E-state index contributed by atoms with van der Waals surface area (Å²) in [4.78, 5) is 6.95. The zero-order chi connectivity index (χ0) is 13.1. The molecule has 1 aliphatic carbocycles. The van der Waals surface area contributed by atoms with Gasteiger partial charge in [-0.25, -0.2) is 4.98 Å². The van der Waals surface area contributed by atoms with Gasteiger partial charge in [0.05, 0.1) is 0 Å². The van der Waals surface area contributed by atoms with Crippen molar-refractivity contribution in [2.24, 2.45) is 11.8 Å². The fourth-order valence-corrected chi connectivity index (χ4v) is 2.39. The molecule has 3 nitrogen and oxygen atoms in total. The van der Waals surface area contributed by atoms with E-state index in [1.807, 2.05) is 0 Å². The van der Waals surface area contributed by atoms with E-state index >= 15 is 0 Å². The van der Waals surface area contributed by atoms with Crippen LogP contribution in [0.3, 0.4) is 0 Å². The highest BCUT2D eigenvalue weighted by molar-refractivity contribution is 5.42. The molecule has 1 saturated carbocycles. The lowest BCUT2D eigenvalue weighted by atomic mass is 10.2. The van der Waals surface area contributed by atoms with Gasteiger partial charge in [0.25, 0.3) is 0 Å². The van der Waals surface area contributed by atoms with Crippen molar-refractivity contribution in [3.05, 3.63) is 23.4 Å². The highest BCUT2D eigenvalue weighted by Gasteiger charge is 2.33. The minimum absolute atomic E-state index is 0.870. The number of anilines is 1. The molecule has 0 aromatic carbocycles. The molecule has 1 N–H and O–H groups in total. The van der Waals surface area contributed by atoms with Gasteiger partial charge in [-0.2, -0.15) is 0 Å². The monoisotopic (exact) mass is 247 g/mol. The van der Waals surface area contributed by atoms with E-state index in [0.29, 0.717) is 0 Å². The van der Waals surface area contributed by atoms with Crippen LogP contribution in [0.15, 0.2) is 12.1 Å². The quantitative estimate of drug-likeness (QED) is 0.837. The summed E-state index contributed by atoms with van der Waals surface area (Å²) in [7, 11) is 2.16. The first-order valence-corrected chi connectivity index (χ1v) is 6.99. The molecule has 0 bridgehead atoms. The summed E-state index contributed by atoms with van der Waals surface area (Å²) < 4.78 is 0. The number of nitrogens with one attached hydrogen (secondary N) is 1. The van der Waals surface area contributed by atoms with Gasteiger partial charge in [-0.3, -0.25) is 0 Å². The summed E-state index contributed by atoms with van der Waals surface area (Å²) in [5.74, 6) is 2.88. The second-order valence-electron chi connectivity index (χ2n) is 5.61. The highest BCUT2D eigenvalue weighted by atomic mass is 15.2. The van der Waals surface area contributed by atoms with Crippen molar-refractivity contribution in [3.63, 3.8) is 0 Å². The summed E-state index contributed by atoms with van der Waals surface area (Å²) in [6.45, 7) is 9.62. The average Bonchev–Trinajstić information content (AvgIpc) is 3.01. The van der Waals surface area contributed by atoms with Crippen molar-refractivity contribution in [2.75, 3.05) is 25.0 Å². The molecule has 1 fully saturated rings. The fourth-order valence-electron chi connectivity index (χ4n) is 2.39. The maximum absolute atomic E-state index is 4.65. The van der Waals surface area contributed by atoms with E-state index in [1.54, 1.807) is 0 Å². The normalized spacial score (nSPS) is 22.0. The predicted octanol–water partition coefficient (Wildman–Crippen LogP) is 2.59. The molecule has 0 radical (unpaired) electrons. The zero-order valence-corrected chi connectivity index (χ0v) is 12.0. The molecule has 100 valence electrons. The SMILES string of the molecule is CCNCc1cc(C)nc(N(C)CC2CC2C)c1. The number of pyridine rings is 1. The van der Waals surface area contributed by atoms with Crippen molar-refractivity contribution in [2.45, 2.75) is 33.7 Å². The summed E-state index contributed by atoms with van der Waals surface area (Å²) in [6.07, 6.45) is 1.38. The first-order valence-electron chi connectivity index (χ1n) is 6.99. The first kappa shape index (κ1) is 13.3. The molecule has 3 heteroatoms. The largest absolute Gasteiger partial charge is 0.359 e. The molecule has 1 aliphatic rings. The fraction of sp³-hybridized carbons (Fsp3) is 0.667. The van der Waals surface area contributed by atoms with Gasteiger partial charge in [-0.1, -0.05) is 13.8 Å². The van der Waals surface area contributed by atoms with E-state index < -0.39 is 0 Å². The Morgan fingerprint density at radius 1 is 1.44 bits per heavy atom. The molecule has 2 atom stereocenters. The van der Waals surface area contributed by atoms with Crippen LogP contribution in [0, 0.1) is 18.8 Å². The average molecular weight is 247 g/mol. The van der Waals surface area contributed by atoms with E-state index in [0.717, 1.165) is 43.0 Å². The third-order valence-corrected chi connectivity index (χ3v) is 3.75. The van der Waals surface area contributed by atoms with Crippen LogP contribution in [0.5, 0.6) is 0 Å². The lowest BCUT2D eigenvalue weighted by molar-refractivity contribution is 0.710. The van der Waals surface area contributed by atoms with Gasteiger partial charge in [0, 0.05) is 25.8 Å². The molecular weight excluding hydrogens is 222 g/mol. The molecule has 0 saturated heterocycles. The maximum atomic E-state index is 4.65. The topological polar surface area (TPSA) is 28.2 Å². The van der Waals surface area contributed by atoms with Gasteiger partial charge in [0.1, 0.15) is 5.82 Å². The Hall–Kier alpha value is -1.09. The Kier molecular flexibility index (Phi) is 4.23. The van der Waals surface area contributed by atoms with Crippen molar-refractivity contribution in [1.29, 1.82) is 0 Å². The molecule has 2 rings (SSSR count). The van der Waals surface area contributed by atoms with E-state index in [9.17, 15) is 0 Å². The third-order valence-electron chi connectivity index (χ3n) is 3.75. The number of aryl methyl sites for hydroxylation is 1. The van der Waals surface area contributed by atoms with Crippen molar-refractivity contribution >= 4 is 5.82 Å². The van der Waals surface area contributed by atoms with E-state index in [1.165, 1.54) is 12.0 Å². The lowest BCUT2D eigenvalue weighted by Gasteiger charge is -2.19. The maximum Gasteiger partial charge on any atom is 0.128 e. The molecular formula is C15H25N3. The number of hydrogen-bond donors (Lipinski definition) is 1. The minimum atomic E-state index is 0.870. The minimum Gasteiger partial charge on any atom is -0.359 e. The molecule has 1 aromatic rings. The third kappa shape index (κ3) is 3.45. The first-order chi connectivity index (χ1) is 8.60. The number of hydrogen-bond acceptors (Lipinski definition) is 3. The number of aromatic nitrogens is 1. The zero-order valence-electron chi connectivity index (χ0n) is 12.0. The van der Waals surface area contributed by atoms with Crippen LogP contribution in [-0.2, 0) is 6.54 Å². The predicted molar refractivity (Wildman–Crippen MR) is 76.9 cm³/mol. The Bertz CT molecular complexity index is 403.